The molecule has 1 aliphatic carbocycles. The number of ether oxygens (including phenoxy) is 1. The van der Waals surface area contributed by atoms with Crippen molar-refractivity contribution in [3.63, 3.8) is 0 Å². The second-order valence-corrected chi connectivity index (χ2v) is 8.68. The van der Waals surface area contributed by atoms with E-state index in [2.05, 4.69) is 39.8 Å². The highest BCUT2D eigenvalue weighted by atomic mass is 16.5. The van der Waals surface area contributed by atoms with Gasteiger partial charge in [-0.15, -0.1) is 0 Å². The predicted molar refractivity (Wildman–Crippen MR) is 111 cm³/mol. The van der Waals surface area contributed by atoms with Crippen LogP contribution in [0.15, 0.2) is 24.3 Å². The number of rotatable bonds is 6. The highest BCUT2D eigenvalue weighted by Gasteiger charge is 2.34. The molecule has 4 nitrogen and oxygen atoms in total. The molecule has 2 N–H and O–H groups in total. The summed E-state index contributed by atoms with van der Waals surface area (Å²) in [6.45, 7) is 7.40. The zero-order valence-corrected chi connectivity index (χ0v) is 16.8. The summed E-state index contributed by atoms with van der Waals surface area (Å²) in [5, 5.41) is 7.61. The number of likely N-dealkylation sites (tertiary alicyclic amines) is 1. The number of morpholine rings is 1. The lowest BCUT2D eigenvalue weighted by molar-refractivity contribution is 0.0524. The van der Waals surface area contributed by atoms with Crippen LogP contribution in [-0.2, 0) is 17.8 Å². The molecule has 1 aromatic rings. The summed E-state index contributed by atoms with van der Waals surface area (Å²) in [5.74, 6) is 0.711. The summed E-state index contributed by atoms with van der Waals surface area (Å²) in [5.41, 5.74) is 3.00. The van der Waals surface area contributed by atoms with Crippen molar-refractivity contribution in [3.05, 3.63) is 35.4 Å². The Morgan fingerprint density at radius 3 is 2.59 bits per heavy atom. The van der Waals surface area contributed by atoms with Crippen molar-refractivity contribution < 1.29 is 4.74 Å². The van der Waals surface area contributed by atoms with Crippen molar-refractivity contribution in [2.45, 2.75) is 70.1 Å². The molecule has 0 radical (unpaired) electrons. The van der Waals surface area contributed by atoms with Gasteiger partial charge in [-0.1, -0.05) is 43.5 Å². The summed E-state index contributed by atoms with van der Waals surface area (Å²) in [7, 11) is 0. The van der Waals surface area contributed by atoms with Gasteiger partial charge in [-0.3, -0.25) is 4.90 Å². The van der Waals surface area contributed by atoms with E-state index in [4.69, 9.17) is 4.74 Å². The third kappa shape index (κ3) is 5.32. The van der Waals surface area contributed by atoms with Gasteiger partial charge in [0.15, 0.2) is 0 Å². The number of hydrogen-bond acceptors (Lipinski definition) is 4. The fraction of sp³-hybridized carbons (Fsp3) is 0.739. The highest BCUT2D eigenvalue weighted by Crippen LogP contribution is 2.30. The Balaban J connectivity index is 1.35. The fourth-order valence-corrected chi connectivity index (χ4v) is 5.24. The third-order valence-electron chi connectivity index (χ3n) is 6.80. The van der Waals surface area contributed by atoms with Gasteiger partial charge in [0.25, 0.3) is 0 Å². The van der Waals surface area contributed by atoms with E-state index in [0.717, 1.165) is 32.8 Å². The molecule has 27 heavy (non-hydrogen) atoms. The quantitative estimate of drug-likeness (QED) is 0.804. The maximum absolute atomic E-state index is 5.72. The van der Waals surface area contributed by atoms with Crippen molar-refractivity contribution in [2.75, 3.05) is 32.8 Å². The first kappa shape index (κ1) is 19.4. The lowest BCUT2D eigenvalue weighted by Gasteiger charge is -2.33. The third-order valence-corrected chi connectivity index (χ3v) is 6.80. The minimum atomic E-state index is 0.533. The van der Waals surface area contributed by atoms with E-state index in [1.54, 1.807) is 0 Å². The Labute approximate surface area is 165 Å². The van der Waals surface area contributed by atoms with Crippen LogP contribution >= 0.6 is 0 Å². The second kappa shape index (κ2) is 10.0. The van der Waals surface area contributed by atoms with Gasteiger partial charge in [-0.2, -0.15) is 0 Å². The van der Waals surface area contributed by atoms with Crippen LogP contribution in [0, 0.1) is 5.92 Å². The molecule has 0 aromatic heterocycles. The largest absolute Gasteiger partial charge is 0.379 e. The summed E-state index contributed by atoms with van der Waals surface area (Å²) >= 11 is 0. The van der Waals surface area contributed by atoms with Gasteiger partial charge in [-0.25, -0.2) is 0 Å². The van der Waals surface area contributed by atoms with Crippen LogP contribution in [0.2, 0.25) is 0 Å². The minimum absolute atomic E-state index is 0.533. The van der Waals surface area contributed by atoms with Gasteiger partial charge in [-0.05, 0) is 55.8 Å². The van der Waals surface area contributed by atoms with Crippen molar-refractivity contribution in [2.24, 2.45) is 5.92 Å². The van der Waals surface area contributed by atoms with E-state index in [-0.39, 0.29) is 0 Å². The van der Waals surface area contributed by atoms with E-state index in [1.165, 1.54) is 69.2 Å². The van der Waals surface area contributed by atoms with Crippen molar-refractivity contribution in [3.8, 4) is 0 Å². The first-order valence-corrected chi connectivity index (χ1v) is 11.2. The molecule has 3 aliphatic rings. The fourth-order valence-electron chi connectivity index (χ4n) is 5.24. The molecule has 0 spiro atoms. The lowest BCUT2D eigenvalue weighted by Crippen LogP contribution is -2.50. The van der Waals surface area contributed by atoms with Gasteiger partial charge in [0.1, 0.15) is 0 Å². The molecular weight excluding hydrogens is 334 g/mol. The number of hydrogen-bond donors (Lipinski definition) is 2. The van der Waals surface area contributed by atoms with Crippen LogP contribution in [0.4, 0.5) is 0 Å². The van der Waals surface area contributed by atoms with Gasteiger partial charge in [0, 0.05) is 31.7 Å². The maximum atomic E-state index is 5.72. The first-order chi connectivity index (χ1) is 13.4. The highest BCUT2D eigenvalue weighted by molar-refractivity contribution is 5.27. The standard InChI is InChI=1S/C23H37N3O/c1-2-6-14-26(13-5-1)17-20-9-4-3-8-19(20)16-25-22-11-7-10-21(22)23-18-27-15-12-24-23/h3-4,8-9,21-25H,1-2,5-7,10-18H2. The van der Waals surface area contributed by atoms with E-state index in [9.17, 15) is 0 Å². The Morgan fingerprint density at radius 1 is 1.00 bits per heavy atom. The summed E-state index contributed by atoms with van der Waals surface area (Å²) in [6, 6.07) is 10.2. The van der Waals surface area contributed by atoms with Gasteiger partial charge in [0.2, 0.25) is 0 Å². The monoisotopic (exact) mass is 371 g/mol. The van der Waals surface area contributed by atoms with Crippen LogP contribution in [0.3, 0.4) is 0 Å². The lowest BCUT2D eigenvalue weighted by atomic mass is 9.93. The van der Waals surface area contributed by atoms with Crippen LogP contribution < -0.4 is 10.6 Å². The Bertz CT molecular complexity index is 564. The van der Waals surface area contributed by atoms with Gasteiger partial charge < -0.3 is 15.4 Å². The van der Waals surface area contributed by atoms with E-state index in [0.29, 0.717) is 18.0 Å². The number of benzene rings is 1. The van der Waals surface area contributed by atoms with Crippen LogP contribution in [0.1, 0.15) is 56.1 Å². The normalized spacial score (nSPS) is 30.3. The Morgan fingerprint density at radius 2 is 1.81 bits per heavy atom. The maximum Gasteiger partial charge on any atom is 0.0623 e. The zero-order valence-electron chi connectivity index (χ0n) is 16.8. The predicted octanol–water partition coefficient (Wildman–Crippen LogP) is 3.31. The minimum Gasteiger partial charge on any atom is -0.379 e. The Hall–Kier alpha value is -0.940. The molecule has 4 rings (SSSR count). The van der Waals surface area contributed by atoms with Gasteiger partial charge in [0.05, 0.1) is 13.2 Å². The van der Waals surface area contributed by atoms with E-state index < -0.39 is 0 Å². The second-order valence-electron chi connectivity index (χ2n) is 8.68. The summed E-state index contributed by atoms with van der Waals surface area (Å²) in [4.78, 5) is 2.66. The number of nitrogens with zero attached hydrogens (tertiary/aromatic N) is 1. The van der Waals surface area contributed by atoms with Crippen molar-refractivity contribution in [1.29, 1.82) is 0 Å². The van der Waals surface area contributed by atoms with Crippen LogP contribution in [-0.4, -0.2) is 49.8 Å². The molecule has 2 saturated heterocycles. The van der Waals surface area contributed by atoms with E-state index in [1.807, 2.05) is 0 Å². The molecule has 1 saturated carbocycles. The smallest absolute Gasteiger partial charge is 0.0623 e. The summed E-state index contributed by atoms with van der Waals surface area (Å²) < 4.78 is 5.72. The average molecular weight is 372 g/mol. The molecule has 2 aliphatic heterocycles. The topological polar surface area (TPSA) is 36.5 Å². The van der Waals surface area contributed by atoms with Crippen molar-refractivity contribution in [1.82, 2.24) is 15.5 Å². The van der Waals surface area contributed by atoms with Crippen molar-refractivity contribution >= 4 is 0 Å². The van der Waals surface area contributed by atoms with E-state index >= 15 is 0 Å². The molecule has 2 heterocycles. The molecule has 150 valence electrons. The van der Waals surface area contributed by atoms with Crippen LogP contribution in [0.5, 0.6) is 0 Å². The SMILES string of the molecule is c1ccc(CN2CCCCCC2)c(CNC2CCCC2C2COCCN2)c1. The molecular formula is C23H37N3O. The molecule has 1 aromatic carbocycles. The summed E-state index contributed by atoms with van der Waals surface area (Å²) in [6.07, 6.45) is 9.51. The number of nitrogens with one attached hydrogen (secondary N) is 2. The molecule has 3 fully saturated rings. The molecule has 4 heteroatoms. The molecule has 3 unspecified atom stereocenters. The average Bonchev–Trinajstić information content (AvgIpc) is 3.04. The van der Waals surface area contributed by atoms with Crippen LogP contribution in [0.25, 0.3) is 0 Å². The molecule has 0 bridgehead atoms. The molecule has 3 atom stereocenters. The van der Waals surface area contributed by atoms with Gasteiger partial charge >= 0.3 is 0 Å². The Kier molecular flexibility index (Phi) is 7.19. The first-order valence-electron chi connectivity index (χ1n) is 11.2. The zero-order chi connectivity index (χ0) is 18.3. The molecule has 0 amide bonds.